The van der Waals surface area contributed by atoms with E-state index in [1.165, 1.54) is 5.56 Å². The fourth-order valence-corrected chi connectivity index (χ4v) is 2.40. The number of hydrogen-bond acceptors (Lipinski definition) is 2. The molecule has 1 aliphatic carbocycles. The van der Waals surface area contributed by atoms with Crippen molar-refractivity contribution in [1.29, 1.82) is 0 Å². The van der Waals surface area contributed by atoms with Crippen LogP contribution in [-0.4, -0.2) is 18.3 Å². The highest BCUT2D eigenvalue weighted by molar-refractivity contribution is 5.57. The summed E-state index contributed by atoms with van der Waals surface area (Å²) in [5, 5.41) is 5.90. The van der Waals surface area contributed by atoms with Gasteiger partial charge in [-0.15, -0.1) is 0 Å². The van der Waals surface area contributed by atoms with Crippen molar-refractivity contribution in [2.45, 2.75) is 37.5 Å². The third-order valence-corrected chi connectivity index (χ3v) is 3.81. The molecule has 1 fully saturated rings. The van der Waals surface area contributed by atoms with Gasteiger partial charge in [0, 0.05) is 18.8 Å². The molecule has 18 heavy (non-hydrogen) atoms. The van der Waals surface area contributed by atoms with Crippen molar-refractivity contribution < 1.29 is 13.2 Å². The Balaban J connectivity index is 1.68. The first-order valence-corrected chi connectivity index (χ1v) is 6.18. The van der Waals surface area contributed by atoms with Gasteiger partial charge in [0.2, 0.25) is 0 Å². The van der Waals surface area contributed by atoms with Gasteiger partial charge in [0.05, 0.1) is 0 Å². The first-order chi connectivity index (χ1) is 8.50. The van der Waals surface area contributed by atoms with Gasteiger partial charge in [-0.2, -0.15) is 13.2 Å². The van der Waals surface area contributed by atoms with E-state index in [4.69, 9.17) is 0 Å². The lowest BCUT2D eigenvalue weighted by molar-refractivity contribution is -0.166. The van der Waals surface area contributed by atoms with Crippen LogP contribution in [0.15, 0.2) is 18.2 Å². The average Bonchev–Trinajstić information content (AvgIpc) is 2.98. The summed E-state index contributed by atoms with van der Waals surface area (Å²) < 4.78 is 38.2. The van der Waals surface area contributed by atoms with Gasteiger partial charge >= 0.3 is 6.18 Å². The molecular weight excluding hydrogens is 241 g/mol. The Morgan fingerprint density at radius 3 is 2.72 bits per heavy atom. The zero-order valence-electron chi connectivity index (χ0n) is 9.90. The number of benzene rings is 1. The van der Waals surface area contributed by atoms with Gasteiger partial charge in [0.15, 0.2) is 0 Å². The van der Waals surface area contributed by atoms with Crippen LogP contribution in [0.1, 0.15) is 24.0 Å². The van der Waals surface area contributed by atoms with Crippen molar-refractivity contribution >= 4 is 5.69 Å². The van der Waals surface area contributed by atoms with Gasteiger partial charge in [0.1, 0.15) is 5.54 Å². The van der Waals surface area contributed by atoms with E-state index < -0.39 is 11.7 Å². The van der Waals surface area contributed by atoms with Crippen LogP contribution in [-0.2, 0) is 13.0 Å². The molecule has 1 aliphatic heterocycles. The molecule has 0 bridgehead atoms. The number of fused-ring (bicyclic) bond motifs is 1. The highest BCUT2D eigenvalue weighted by Crippen LogP contribution is 2.49. The van der Waals surface area contributed by atoms with Gasteiger partial charge in [-0.05, 0) is 36.5 Å². The first kappa shape index (κ1) is 11.8. The lowest BCUT2D eigenvalue weighted by atomic mass is 10.1. The van der Waals surface area contributed by atoms with E-state index in [0.29, 0.717) is 0 Å². The molecule has 2 aliphatic rings. The summed E-state index contributed by atoms with van der Waals surface area (Å²) in [4.78, 5) is 0. The van der Waals surface area contributed by atoms with E-state index in [-0.39, 0.29) is 19.4 Å². The third kappa shape index (κ3) is 1.96. The lowest BCUT2D eigenvalue weighted by Crippen LogP contribution is -2.44. The Morgan fingerprint density at radius 1 is 1.28 bits per heavy atom. The Hall–Kier alpha value is -1.23. The number of hydrogen-bond donors (Lipinski definition) is 2. The molecule has 2 N–H and O–H groups in total. The summed E-state index contributed by atoms with van der Waals surface area (Å²) in [6.45, 7) is 1.19. The minimum Gasteiger partial charge on any atom is -0.384 e. The highest BCUT2D eigenvalue weighted by Gasteiger charge is 2.62. The van der Waals surface area contributed by atoms with Gasteiger partial charge in [-0.3, -0.25) is 5.32 Å². The van der Waals surface area contributed by atoms with Crippen molar-refractivity contribution in [1.82, 2.24) is 5.32 Å². The van der Waals surface area contributed by atoms with Gasteiger partial charge in [-0.25, -0.2) is 0 Å². The SMILES string of the molecule is FC(F)(F)C1(NCc2ccc3c(c2)NCC3)CC1. The maximum atomic E-state index is 12.7. The number of nitrogens with one attached hydrogen (secondary N) is 2. The topological polar surface area (TPSA) is 24.1 Å². The van der Waals surface area contributed by atoms with Crippen LogP contribution in [0.2, 0.25) is 0 Å². The molecule has 0 saturated heterocycles. The third-order valence-electron chi connectivity index (χ3n) is 3.81. The van der Waals surface area contributed by atoms with E-state index in [2.05, 4.69) is 10.6 Å². The first-order valence-electron chi connectivity index (χ1n) is 6.18. The second-order valence-electron chi connectivity index (χ2n) is 5.10. The zero-order valence-corrected chi connectivity index (χ0v) is 9.90. The maximum Gasteiger partial charge on any atom is 0.406 e. The molecule has 0 unspecified atom stereocenters. The summed E-state index contributed by atoms with van der Waals surface area (Å²) in [5.41, 5.74) is 1.58. The highest BCUT2D eigenvalue weighted by atomic mass is 19.4. The average molecular weight is 256 g/mol. The molecule has 0 amide bonds. The van der Waals surface area contributed by atoms with Gasteiger partial charge in [-0.1, -0.05) is 12.1 Å². The molecular formula is C13H15F3N2. The summed E-state index contributed by atoms with van der Waals surface area (Å²) in [5.74, 6) is 0. The lowest BCUT2D eigenvalue weighted by Gasteiger charge is -2.20. The second-order valence-corrected chi connectivity index (χ2v) is 5.10. The zero-order chi connectivity index (χ0) is 12.8. The second kappa shape index (κ2) is 3.88. The Labute approximate surface area is 104 Å². The van der Waals surface area contributed by atoms with Gasteiger partial charge < -0.3 is 5.32 Å². The van der Waals surface area contributed by atoms with E-state index >= 15 is 0 Å². The normalized spacial score (nSPS) is 20.4. The van der Waals surface area contributed by atoms with Gasteiger partial charge in [0.25, 0.3) is 0 Å². The number of anilines is 1. The molecule has 0 spiro atoms. The predicted octanol–water partition coefficient (Wildman–Crippen LogP) is 2.84. The van der Waals surface area contributed by atoms with Crippen LogP contribution < -0.4 is 10.6 Å². The quantitative estimate of drug-likeness (QED) is 0.869. The Kier molecular flexibility index (Phi) is 2.55. The fourth-order valence-electron chi connectivity index (χ4n) is 2.40. The molecule has 5 heteroatoms. The standard InChI is InChI=1S/C13H15F3N2/c14-13(15,16)12(4-5-12)18-8-9-1-2-10-3-6-17-11(10)7-9/h1-2,7,17-18H,3-6,8H2. The molecule has 1 saturated carbocycles. The molecule has 98 valence electrons. The Bertz CT molecular complexity index is 464. The van der Waals surface area contributed by atoms with Crippen LogP contribution in [0.4, 0.5) is 18.9 Å². The van der Waals surface area contributed by atoms with E-state index in [9.17, 15) is 13.2 Å². The largest absolute Gasteiger partial charge is 0.406 e. The number of halogens is 3. The Morgan fingerprint density at radius 2 is 2.06 bits per heavy atom. The monoisotopic (exact) mass is 256 g/mol. The molecule has 3 rings (SSSR count). The molecule has 2 nitrogen and oxygen atoms in total. The maximum absolute atomic E-state index is 12.7. The molecule has 0 aromatic heterocycles. The fraction of sp³-hybridized carbons (Fsp3) is 0.538. The van der Waals surface area contributed by atoms with E-state index in [1.807, 2.05) is 18.2 Å². The minimum absolute atomic E-state index is 0.194. The van der Waals surface area contributed by atoms with Crippen molar-refractivity contribution in [3.8, 4) is 0 Å². The number of rotatable bonds is 3. The van der Waals surface area contributed by atoms with E-state index in [0.717, 1.165) is 24.2 Å². The number of alkyl halides is 3. The summed E-state index contributed by atoms with van der Waals surface area (Å²) in [7, 11) is 0. The van der Waals surface area contributed by atoms with Crippen molar-refractivity contribution in [2.75, 3.05) is 11.9 Å². The molecule has 0 radical (unpaired) electrons. The van der Waals surface area contributed by atoms with Crippen LogP contribution in [0, 0.1) is 0 Å². The predicted molar refractivity (Wildman–Crippen MR) is 63.5 cm³/mol. The summed E-state index contributed by atoms with van der Waals surface area (Å²) in [6.07, 6.45) is -2.75. The minimum atomic E-state index is -4.14. The van der Waals surface area contributed by atoms with Crippen molar-refractivity contribution in [3.05, 3.63) is 29.3 Å². The smallest absolute Gasteiger partial charge is 0.384 e. The van der Waals surface area contributed by atoms with Crippen molar-refractivity contribution in [3.63, 3.8) is 0 Å². The molecule has 1 aromatic rings. The summed E-state index contributed by atoms with van der Waals surface area (Å²) in [6, 6.07) is 5.85. The van der Waals surface area contributed by atoms with Crippen LogP contribution in [0.3, 0.4) is 0 Å². The molecule has 1 aromatic carbocycles. The molecule has 1 heterocycles. The summed E-state index contributed by atoms with van der Waals surface area (Å²) >= 11 is 0. The van der Waals surface area contributed by atoms with Crippen LogP contribution in [0.5, 0.6) is 0 Å². The van der Waals surface area contributed by atoms with E-state index in [1.54, 1.807) is 0 Å². The molecule has 0 atom stereocenters. The van der Waals surface area contributed by atoms with Crippen molar-refractivity contribution in [2.24, 2.45) is 0 Å². The van der Waals surface area contributed by atoms with Crippen LogP contribution >= 0.6 is 0 Å². The van der Waals surface area contributed by atoms with Crippen LogP contribution in [0.25, 0.3) is 0 Å².